The molecular weight excluding hydrogens is 342 g/mol. The summed E-state index contributed by atoms with van der Waals surface area (Å²) in [5.74, 6) is -0.618. The van der Waals surface area contributed by atoms with Crippen LogP contribution in [0, 0.1) is 13.8 Å². The zero-order valence-electron chi connectivity index (χ0n) is 13.6. The molecule has 0 atom stereocenters. The minimum Gasteiger partial charge on any atom is -0.430 e. The third-order valence-corrected chi connectivity index (χ3v) is 4.38. The molecule has 2 amide bonds. The van der Waals surface area contributed by atoms with E-state index in [1.165, 1.54) is 4.90 Å². The second kappa shape index (κ2) is 5.60. The molecule has 0 saturated heterocycles. The number of anilines is 2. The van der Waals surface area contributed by atoms with Crippen molar-refractivity contribution in [2.75, 3.05) is 16.8 Å². The van der Waals surface area contributed by atoms with Crippen LogP contribution in [0.15, 0.2) is 34.7 Å². The first-order valence-corrected chi connectivity index (χ1v) is 8.10. The van der Waals surface area contributed by atoms with Gasteiger partial charge in [0.05, 0.1) is 5.39 Å². The number of fused-ring (bicyclic) bond motifs is 3. The first-order valence-electron chi connectivity index (χ1n) is 7.72. The van der Waals surface area contributed by atoms with Gasteiger partial charge in [0.15, 0.2) is 0 Å². The molecule has 3 heterocycles. The van der Waals surface area contributed by atoms with E-state index in [0.29, 0.717) is 27.5 Å². The molecular formula is C18H14ClN3O3. The highest BCUT2D eigenvalue weighted by Gasteiger charge is 2.33. The largest absolute Gasteiger partial charge is 0.430 e. The molecule has 126 valence electrons. The molecule has 0 saturated carbocycles. The van der Waals surface area contributed by atoms with Crippen molar-refractivity contribution in [2.24, 2.45) is 0 Å². The fraction of sp³-hybridized carbons (Fsp3) is 0.167. The summed E-state index contributed by atoms with van der Waals surface area (Å²) in [5, 5.41) is 3.99. The Labute approximate surface area is 148 Å². The molecule has 4 rings (SSSR count). The van der Waals surface area contributed by atoms with Gasteiger partial charge in [-0.1, -0.05) is 11.6 Å². The van der Waals surface area contributed by atoms with E-state index in [0.717, 1.165) is 11.3 Å². The highest BCUT2D eigenvalue weighted by molar-refractivity contribution is 6.30. The zero-order valence-corrected chi connectivity index (χ0v) is 14.3. The van der Waals surface area contributed by atoms with Crippen LogP contribution in [0.3, 0.4) is 0 Å². The van der Waals surface area contributed by atoms with Gasteiger partial charge in [0.2, 0.25) is 17.4 Å². The number of aryl methyl sites for hydroxylation is 2. The van der Waals surface area contributed by atoms with E-state index >= 15 is 0 Å². The molecule has 1 aliphatic rings. The molecule has 0 bridgehead atoms. The normalized spacial score (nSPS) is 14.4. The molecule has 0 fully saturated rings. The van der Waals surface area contributed by atoms with Crippen LogP contribution in [0.5, 0.6) is 0 Å². The number of nitrogens with zero attached hydrogens (tertiary/aromatic N) is 2. The molecule has 0 radical (unpaired) electrons. The van der Waals surface area contributed by atoms with Crippen molar-refractivity contribution >= 4 is 45.9 Å². The lowest BCUT2D eigenvalue weighted by Crippen LogP contribution is -2.35. The first-order chi connectivity index (χ1) is 11.9. The Morgan fingerprint density at radius 1 is 1.20 bits per heavy atom. The van der Waals surface area contributed by atoms with E-state index in [1.807, 2.05) is 19.9 Å². The number of nitrogens with one attached hydrogen (secondary N) is 1. The summed E-state index contributed by atoms with van der Waals surface area (Å²) in [7, 11) is 0. The summed E-state index contributed by atoms with van der Waals surface area (Å²) < 4.78 is 5.73. The SMILES string of the molecule is Cc1cc(C)c2c3c(oc2n1)C(=O)N(c1ccc(Cl)cc1)CC(=O)N3. The van der Waals surface area contributed by atoms with E-state index in [4.69, 9.17) is 16.0 Å². The highest BCUT2D eigenvalue weighted by atomic mass is 35.5. The lowest BCUT2D eigenvalue weighted by molar-refractivity contribution is -0.114. The lowest BCUT2D eigenvalue weighted by Gasteiger charge is -2.18. The average molecular weight is 356 g/mol. The molecule has 1 aliphatic heterocycles. The summed E-state index contributed by atoms with van der Waals surface area (Å²) in [6, 6.07) is 8.60. The molecule has 1 N–H and O–H groups in total. The predicted molar refractivity (Wildman–Crippen MR) is 95.2 cm³/mol. The van der Waals surface area contributed by atoms with Crippen LogP contribution in [-0.2, 0) is 4.79 Å². The number of pyridine rings is 1. The number of amides is 2. The van der Waals surface area contributed by atoms with Crippen LogP contribution in [0.4, 0.5) is 11.4 Å². The van der Waals surface area contributed by atoms with Gasteiger partial charge in [-0.05, 0) is 49.7 Å². The molecule has 1 aromatic carbocycles. The smallest absolute Gasteiger partial charge is 0.296 e. The number of furan rings is 1. The molecule has 6 nitrogen and oxygen atoms in total. The van der Waals surface area contributed by atoms with Gasteiger partial charge in [0.25, 0.3) is 5.91 Å². The van der Waals surface area contributed by atoms with Gasteiger partial charge in [-0.25, -0.2) is 4.98 Å². The Morgan fingerprint density at radius 2 is 1.92 bits per heavy atom. The molecule has 3 aromatic rings. The Kier molecular flexibility index (Phi) is 3.51. The van der Waals surface area contributed by atoms with Gasteiger partial charge in [0, 0.05) is 16.4 Å². The maximum atomic E-state index is 13.0. The van der Waals surface area contributed by atoms with Gasteiger partial charge >= 0.3 is 0 Å². The molecule has 0 aliphatic carbocycles. The number of hydrogen-bond acceptors (Lipinski definition) is 4. The van der Waals surface area contributed by atoms with Gasteiger partial charge < -0.3 is 9.73 Å². The predicted octanol–water partition coefficient (Wildman–Crippen LogP) is 3.70. The second-order valence-electron chi connectivity index (χ2n) is 5.98. The minimum absolute atomic E-state index is 0.0806. The third-order valence-electron chi connectivity index (χ3n) is 4.13. The zero-order chi connectivity index (χ0) is 17.7. The standard InChI is InChI=1S/C18H14ClN3O3/c1-9-7-10(2)20-17-14(9)15-16(25-17)18(24)22(8-13(23)21-15)12-5-3-11(19)4-6-12/h3-7H,8H2,1-2H3,(H,21,23). The van der Waals surface area contributed by atoms with Crippen LogP contribution < -0.4 is 10.2 Å². The number of carbonyl (C=O) groups excluding carboxylic acids is 2. The van der Waals surface area contributed by atoms with Crippen molar-refractivity contribution in [1.29, 1.82) is 0 Å². The Morgan fingerprint density at radius 3 is 2.64 bits per heavy atom. The van der Waals surface area contributed by atoms with E-state index < -0.39 is 5.91 Å². The summed E-state index contributed by atoms with van der Waals surface area (Å²) in [4.78, 5) is 31.1. The van der Waals surface area contributed by atoms with E-state index in [1.54, 1.807) is 24.3 Å². The van der Waals surface area contributed by atoms with E-state index in [2.05, 4.69) is 10.3 Å². The Hall–Kier alpha value is -2.86. The summed E-state index contributed by atoms with van der Waals surface area (Å²) >= 11 is 5.91. The number of benzene rings is 1. The van der Waals surface area contributed by atoms with Gasteiger partial charge in [-0.2, -0.15) is 0 Å². The molecule has 7 heteroatoms. The number of hydrogen-bond donors (Lipinski definition) is 1. The maximum Gasteiger partial charge on any atom is 0.296 e. The van der Waals surface area contributed by atoms with E-state index in [9.17, 15) is 9.59 Å². The lowest BCUT2D eigenvalue weighted by atomic mass is 10.1. The van der Waals surface area contributed by atoms with Crippen LogP contribution in [0.25, 0.3) is 11.1 Å². The number of aromatic nitrogens is 1. The summed E-state index contributed by atoms with van der Waals surface area (Å²) in [6.45, 7) is 3.64. The van der Waals surface area contributed by atoms with Crippen molar-refractivity contribution in [3.05, 3.63) is 52.4 Å². The molecule has 25 heavy (non-hydrogen) atoms. The fourth-order valence-electron chi connectivity index (χ4n) is 3.06. The van der Waals surface area contributed by atoms with Gasteiger partial charge in [0.1, 0.15) is 12.2 Å². The second-order valence-corrected chi connectivity index (χ2v) is 6.42. The minimum atomic E-state index is -0.397. The van der Waals surface area contributed by atoms with E-state index in [-0.39, 0.29) is 18.2 Å². The maximum absolute atomic E-state index is 13.0. The molecule has 2 aromatic heterocycles. The van der Waals surface area contributed by atoms with Crippen LogP contribution in [0.2, 0.25) is 5.02 Å². The molecule has 0 unspecified atom stereocenters. The summed E-state index contributed by atoms with van der Waals surface area (Å²) in [6.07, 6.45) is 0. The van der Waals surface area contributed by atoms with Gasteiger partial charge in [-0.3, -0.25) is 14.5 Å². The average Bonchev–Trinajstić information content (AvgIpc) is 2.85. The number of halogens is 1. The molecule has 0 spiro atoms. The van der Waals surface area contributed by atoms with Crippen molar-refractivity contribution in [1.82, 2.24) is 4.98 Å². The summed E-state index contributed by atoms with van der Waals surface area (Å²) in [5.41, 5.74) is 2.96. The first kappa shape index (κ1) is 15.7. The van der Waals surface area contributed by atoms with Crippen molar-refractivity contribution in [3.8, 4) is 0 Å². The highest BCUT2D eigenvalue weighted by Crippen LogP contribution is 2.36. The monoisotopic (exact) mass is 355 g/mol. The number of rotatable bonds is 1. The Balaban J connectivity index is 1.90. The number of carbonyl (C=O) groups is 2. The van der Waals surface area contributed by atoms with Gasteiger partial charge in [-0.15, -0.1) is 0 Å². The Bertz CT molecular complexity index is 1020. The topological polar surface area (TPSA) is 75.4 Å². The third kappa shape index (κ3) is 2.55. The van der Waals surface area contributed by atoms with Crippen molar-refractivity contribution < 1.29 is 14.0 Å². The van der Waals surface area contributed by atoms with Crippen LogP contribution in [-0.4, -0.2) is 23.3 Å². The van der Waals surface area contributed by atoms with Crippen LogP contribution in [0.1, 0.15) is 21.8 Å². The van der Waals surface area contributed by atoms with Crippen LogP contribution >= 0.6 is 11.6 Å². The fourth-order valence-corrected chi connectivity index (χ4v) is 3.18. The van der Waals surface area contributed by atoms with Crippen molar-refractivity contribution in [2.45, 2.75) is 13.8 Å². The van der Waals surface area contributed by atoms with Crippen molar-refractivity contribution in [3.63, 3.8) is 0 Å². The quantitative estimate of drug-likeness (QED) is 0.722.